The SMILES string of the molecule is CC(C)N(Cc1nnc(-c2ccc(Cl)cc2)o1)C(=O)COc1ccc(C2SCCS2)cc1. The first kappa shape index (κ1) is 23.0. The first-order valence-corrected chi connectivity index (χ1v) is 12.8. The predicted octanol–water partition coefficient (Wildman–Crippen LogP) is 5.68. The summed E-state index contributed by atoms with van der Waals surface area (Å²) in [5, 5.41) is 8.82. The van der Waals surface area contributed by atoms with Gasteiger partial charge in [0.2, 0.25) is 11.8 Å². The van der Waals surface area contributed by atoms with Crippen molar-refractivity contribution in [1.29, 1.82) is 0 Å². The fourth-order valence-electron chi connectivity index (χ4n) is 3.23. The number of amides is 1. The monoisotopic (exact) mass is 489 g/mol. The number of aromatic nitrogens is 2. The van der Waals surface area contributed by atoms with E-state index in [9.17, 15) is 4.79 Å². The minimum atomic E-state index is -0.141. The van der Waals surface area contributed by atoms with Crippen LogP contribution in [0.3, 0.4) is 0 Å². The second-order valence-electron chi connectivity index (χ2n) is 7.55. The number of hydrogen-bond acceptors (Lipinski definition) is 7. The molecule has 1 aliphatic heterocycles. The molecule has 1 fully saturated rings. The Morgan fingerprint density at radius 2 is 1.81 bits per heavy atom. The quantitative estimate of drug-likeness (QED) is 0.403. The minimum Gasteiger partial charge on any atom is -0.484 e. The molecule has 168 valence electrons. The number of thioether (sulfide) groups is 2. The van der Waals surface area contributed by atoms with Crippen molar-refractivity contribution in [3.8, 4) is 17.2 Å². The number of rotatable bonds is 8. The maximum absolute atomic E-state index is 12.8. The van der Waals surface area contributed by atoms with Gasteiger partial charge in [0.1, 0.15) is 5.75 Å². The highest BCUT2D eigenvalue weighted by molar-refractivity contribution is 8.19. The van der Waals surface area contributed by atoms with Crippen LogP contribution in [-0.2, 0) is 11.3 Å². The van der Waals surface area contributed by atoms with E-state index < -0.39 is 0 Å². The largest absolute Gasteiger partial charge is 0.484 e. The minimum absolute atomic E-state index is 0.0456. The number of carbonyl (C=O) groups excluding carboxylic acids is 1. The second-order valence-corrected chi connectivity index (χ2v) is 10.7. The van der Waals surface area contributed by atoms with E-state index in [4.69, 9.17) is 20.8 Å². The molecule has 9 heteroatoms. The summed E-state index contributed by atoms with van der Waals surface area (Å²) >= 11 is 9.86. The van der Waals surface area contributed by atoms with E-state index in [0.717, 1.165) is 5.56 Å². The van der Waals surface area contributed by atoms with Crippen LogP contribution < -0.4 is 4.74 Å². The summed E-state index contributed by atoms with van der Waals surface area (Å²) in [7, 11) is 0. The van der Waals surface area contributed by atoms with Crippen molar-refractivity contribution >= 4 is 41.0 Å². The average Bonchev–Trinajstić information content (AvgIpc) is 3.49. The van der Waals surface area contributed by atoms with Crippen LogP contribution in [-0.4, -0.2) is 45.2 Å². The highest BCUT2D eigenvalue weighted by atomic mass is 35.5. The van der Waals surface area contributed by atoms with Crippen molar-refractivity contribution < 1.29 is 13.9 Å². The molecule has 0 bridgehead atoms. The highest BCUT2D eigenvalue weighted by Crippen LogP contribution is 2.45. The van der Waals surface area contributed by atoms with Crippen LogP contribution >= 0.6 is 35.1 Å². The maximum Gasteiger partial charge on any atom is 0.261 e. The third-order valence-electron chi connectivity index (χ3n) is 4.94. The van der Waals surface area contributed by atoms with Gasteiger partial charge >= 0.3 is 0 Å². The van der Waals surface area contributed by atoms with E-state index >= 15 is 0 Å². The Balaban J connectivity index is 1.35. The van der Waals surface area contributed by atoms with E-state index in [0.29, 0.717) is 27.1 Å². The summed E-state index contributed by atoms with van der Waals surface area (Å²) in [4.78, 5) is 14.5. The Morgan fingerprint density at radius 1 is 1.12 bits per heavy atom. The van der Waals surface area contributed by atoms with Gasteiger partial charge in [-0.05, 0) is 55.8 Å². The molecule has 0 atom stereocenters. The maximum atomic E-state index is 12.8. The molecular formula is C23H24ClN3O3S2. The molecule has 0 radical (unpaired) electrons. The Hall–Kier alpha value is -2.16. The van der Waals surface area contributed by atoms with Gasteiger partial charge < -0.3 is 14.1 Å². The lowest BCUT2D eigenvalue weighted by atomic mass is 10.2. The zero-order valence-corrected chi connectivity index (χ0v) is 20.3. The van der Waals surface area contributed by atoms with Gasteiger partial charge in [-0.15, -0.1) is 33.7 Å². The zero-order chi connectivity index (χ0) is 22.5. The van der Waals surface area contributed by atoms with Crippen molar-refractivity contribution in [1.82, 2.24) is 15.1 Å². The zero-order valence-electron chi connectivity index (χ0n) is 17.9. The number of benzene rings is 2. The average molecular weight is 490 g/mol. The number of nitrogens with zero attached hydrogens (tertiary/aromatic N) is 3. The number of hydrogen-bond donors (Lipinski definition) is 0. The van der Waals surface area contributed by atoms with Crippen molar-refractivity contribution in [2.45, 2.75) is 31.0 Å². The van der Waals surface area contributed by atoms with Gasteiger partial charge in [-0.2, -0.15) is 0 Å². The van der Waals surface area contributed by atoms with Gasteiger partial charge in [0.15, 0.2) is 6.61 Å². The molecule has 3 aromatic rings. The summed E-state index contributed by atoms with van der Waals surface area (Å²) in [5.74, 6) is 3.68. The third kappa shape index (κ3) is 5.79. The van der Waals surface area contributed by atoms with Gasteiger partial charge in [0.05, 0.1) is 11.1 Å². The lowest BCUT2D eigenvalue weighted by molar-refractivity contribution is -0.136. The van der Waals surface area contributed by atoms with Crippen LogP contribution in [0.25, 0.3) is 11.5 Å². The first-order chi connectivity index (χ1) is 15.5. The molecule has 6 nitrogen and oxygen atoms in total. The van der Waals surface area contributed by atoms with Crippen LogP contribution in [0.1, 0.15) is 29.9 Å². The van der Waals surface area contributed by atoms with Gasteiger partial charge in [-0.3, -0.25) is 4.79 Å². The Labute approximate surface area is 201 Å². The molecular weight excluding hydrogens is 466 g/mol. The molecule has 0 saturated carbocycles. The summed E-state index contributed by atoms with van der Waals surface area (Å²) in [6, 6.07) is 15.1. The van der Waals surface area contributed by atoms with Gasteiger partial charge in [-0.25, -0.2) is 0 Å². The highest BCUT2D eigenvalue weighted by Gasteiger charge is 2.22. The van der Waals surface area contributed by atoms with Gasteiger partial charge in [0.25, 0.3) is 5.91 Å². The van der Waals surface area contributed by atoms with Crippen LogP contribution in [0.5, 0.6) is 5.75 Å². The number of carbonyl (C=O) groups is 1. The molecule has 1 aromatic heterocycles. The van der Waals surface area contributed by atoms with E-state index in [-0.39, 0.29) is 25.1 Å². The van der Waals surface area contributed by atoms with Crippen molar-refractivity contribution in [3.05, 3.63) is 65.0 Å². The molecule has 0 unspecified atom stereocenters. The fourth-order valence-corrected chi connectivity index (χ4v) is 6.22. The normalized spacial score (nSPS) is 14.1. The Bertz CT molecular complexity index is 1040. The summed E-state index contributed by atoms with van der Waals surface area (Å²) in [6.45, 7) is 4.05. The topological polar surface area (TPSA) is 68.5 Å². The molecule has 32 heavy (non-hydrogen) atoms. The van der Waals surface area contributed by atoms with Crippen LogP contribution in [0.15, 0.2) is 52.9 Å². The standard InChI is InChI=1S/C23H24ClN3O3S2/c1-15(2)27(13-20-25-26-22(30-20)16-3-7-18(24)8-4-16)21(28)14-29-19-9-5-17(6-10-19)23-31-11-12-32-23/h3-10,15,23H,11-14H2,1-2H3. The molecule has 0 N–H and O–H groups in total. The van der Waals surface area contributed by atoms with E-state index in [2.05, 4.69) is 22.3 Å². The molecule has 1 amide bonds. The lowest BCUT2D eigenvalue weighted by Crippen LogP contribution is -2.39. The van der Waals surface area contributed by atoms with Crippen LogP contribution in [0, 0.1) is 0 Å². The predicted molar refractivity (Wildman–Crippen MR) is 130 cm³/mol. The fraction of sp³-hybridized carbons (Fsp3) is 0.348. The smallest absolute Gasteiger partial charge is 0.261 e. The molecule has 4 rings (SSSR count). The third-order valence-corrected chi connectivity index (χ3v) is 8.30. The number of halogens is 1. The van der Waals surface area contributed by atoms with Crippen molar-refractivity contribution in [3.63, 3.8) is 0 Å². The second kappa shape index (κ2) is 10.6. The van der Waals surface area contributed by atoms with E-state index in [1.54, 1.807) is 17.0 Å². The molecule has 2 heterocycles. The van der Waals surface area contributed by atoms with E-state index in [1.165, 1.54) is 17.1 Å². The number of ether oxygens (including phenoxy) is 1. The van der Waals surface area contributed by atoms with Crippen molar-refractivity contribution in [2.24, 2.45) is 0 Å². The first-order valence-electron chi connectivity index (χ1n) is 10.3. The molecule has 0 spiro atoms. The van der Waals surface area contributed by atoms with Gasteiger partial charge in [0, 0.05) is 28.1 Å². The van der Waals surface area contributed by atoms with Crippen LogP contribution in [0.4, 0.5) is 0 Å². The van der Waals surface area contributed by atoms with E-state index in [1.807, 2.05) is 61.6 Å². The lowest BCUT2D eigenvalue weighted by Gasteiger charge is -2.25. The van der Waals surface area contributed by atoms with Crippen molar-refractivity contribution in [2.75, 3.05) is 18.1 Å². The molecule has 0 aliphatic carbocycles. The molecule has 1 aliphatic rings. The summed E-state index contributed by atoms with van der Waals surface area (Å²) in [5.41, 5.74) is 2.06. The van der Waals surface area contributed by atoms with Gasteiger partial charge in [-0.1, -0.05) is 23.7 Å². The molecule has 1 saturated heterocycles. The Kier molecular flexibility index (Phi) is 7.65. The molecule has 2 aromatic carbocycles. The Morgan fingerprint density at radius 3 is 2.47 bits per heavy atom. The summed E-state index contributed by atoms with van der Waals surface area (Å²) < 4.78 is 12.0. The van der Waals surface area contributed by atoms with Crippen LogP contribution in [0.2, 0.25) is 5.02 Å². The summed E-state index contributed by atoms with van der Waals surface area (Å²) in [6.07, 6.45) is 0.